The standard InChI is InChI=1S/C22H20N2O8S/c1-11(25)31-15-3-5-29-9-13-7-21-20(28)24-18-14(10-30-6-4-16(18)32-12(2)26)8-22(24,33-21)19(27)23(21)17(13)15/h3-6,9-10,15-18H,7-8H2,1-2H3/t15?,16?,17?,18?,21-,22-/m1/s1. The van der Waals surface area contributed by atoms with E-state index < -0.39 is 46.0 Å². The molecule has 0 aliphatic carbocycles. The summed E-state index contributed by atoms with van der Waals surface area (Å²) in [5, 5.41) is 0. The zero-order valence-electron chi connectivity index (χ0n) is 17.8. The normalized spacial score (nSPS) is 39.3. The van der Waals surface area contributed by atoms with Crippen molar-refractivity contribution in [1.29, 1.82) is 0 Å². The van der Waals surface area contributed by atoms with Gasteiger partial charge in [0, 0.05) is 26.7 Å². The third-order valence-corrected chi connectivity index (χ3v) is 8.49. The molecule has 4 fully saturated rings. The topological polar surface area (TPSA) is 112 Å². The SMILES string of the molecule is CC(=O)OC1C=COC=C2C[C@@]34S[C@]5(CC6=COC=CC(OC(C)=O)C6N5C3=O)C(=O)N4C21. The van der Waals surface area contributed by atoms with Crippen molar-refractivity contribution in [3.05, 3.63) is 48.3 Å². The lowest BCUT2D eigenvalue weighted by atomic mass is 10.0. The van der Waals surface area contributed by atoms with Crippen LogP contribution in [0.15, 0.2) is 48.3 Å². The average Bonchev–Trinajstić information content (AvgIpc) is 3.29. The molecule has 0 aromatic carbocycles. The first-order valence-electron chi connectivity index (χ1n) is 10.5. The van der Waals surface area contributed by atoms with Gasteiger partial charge in [0.2, 0.25) is 0 Å². The Bertz CT molecular complexity index is 1040. The van der Waals surface area contributed by atoms with Gasteiger partial charge in [-0.2, -0.15) is 0 Å². The first kappa shape index (κ1) is 20.4. The van der Waals surface area contributed by atoms with E-state index in [2.05, 4.69) is 0 Å². The summed E-state index contributed by atoms with van der Waals surface area (Å²) in [7, 11) is 0. The number of hydrogen-bond acceptors (Lipinski definition) is 9. The number of ether oxygens (including phenoxy) is 4. The van der Waals surface area contributed by atoms with Crippen molar-refractivity contribution in [1.82, 2.24) is 9.80 Å². The minimum absolute atomic E-state index is 0.243. The lowest BCUT2D eigenvalue weighted by Gasteiger charge is -2.42. The maximum atomic E-state index is 14.0. The molecule has 10 nitrogen and oxygen atoms in total. The summed E-state index contributed by atoms with van der Waals surface area (Å²) in [4.78, 5) is 52.3. The van der Waals surface area contributed by atoms with Crippen LogP contribution in [0.2, 0.25) is 0 Å². The molecule has 0 N–H and O–H groups in total. The number of rotatable bonds is 2. The molecular formula is C22H20N2O8S. The Labute approximate surface area is 192 Å². The Morgan fingerprint density at radius 1 is 0.879 bits per heavy atom. The molecule has 172 valence electrons. The van der Waals surface area contributed by atoms with E-state index in [0.29, 0.717) is 11.1 Å². The lowest BCUT2D eigenvalue weighted by molar-refractivity contribution is -0.167. The Hall–Kier alpha value is -3.21. The summed E-state index contributed by atoms with van der Waals surface area (Å²) in [6.45, 7) is 2.59. The van der Waals surface area contributed by atoms with Gasteiger partial charge in [0.1, 0.15) is 12.2 Å². The Morgan fingerprint density at radius 3 is 1.70 bits per heavy atom. The minimum Gasteiger partial charge on any atom is -0.473 e. The maximum absolute atomic E-state index is 14.0. The van der Waals surface area contributed by atoms with Crippen molar-refractivity contribution in [2.24, 2.45) is 0 Å². The van der Waals surface area contributed by atoms with Crippen LogP contribution in [0.25, 0.3) is 0 Å². The molecule has 2 spiro atoms. The fourth-order valence-electron chi connectivity index (χ4n) is 5.80. The van der Waals surface area contributed by atoms with E-state index in [4.69, 9.17) is 18.9 Å². The second kappa shape index (κ2) is 6.66. The third kappa shape index (κ3) is 2.51. The van der Waals surface area contributed by atoms with E-state index in [-0.39, 0.29) is 24.7 Å². The molecule has 6 atom stereocenters. The van der Waals surface area contributed by atoms with E-state index in [0.717, 1.165) is 0 Å². The second-order valence-electron chi connectivity index (χ2n) is 8.73. The number of thioether (sulfide) groups is 1. The quantitative estimate of drug-likeness (QED) is 0.545. The van der Waals surface area contributed by atoms with E-state index in [1.165, 1.54) is 50.7 Å². The number of carbonyl (C=O) groups is 4. The first-order valence-corrected chi connectivity index (χ1v) is 11.3. The third-order valence-electron chi connectivity index (χ3n) is 6.78. The summed E-state index contributed by atoms with van der Waals surface area (Å²) >= 11 is 1.30. The lowest BCUT2D eigenvalue weighted by Crippen LogP contribution is -2.66. The number of carbonyl (C=O) groups excluding carboxylic acids is 4. The van der Waals surface area contributed by atoms with Gasteiger partial charge in [-0.25, -0.2) is 0 Å². The number of fused-ring (bicyclic) bond motifs is 4. The molecule has 4 unspecified atom stereocenters. The van der Waals surface area contributed by atoms with Gasteiger partial charge in [0.25, 0.3) is 11.8 Å². The fourth-order valence-corrected chi connectivity index (χ4v) is 7.80. The minimum atomic E-state index is -1.18. The molecule has 6 rings (SSSR count). The summed E-state index contributed by atoms with van der Waals surface area (Å²) in [5.41, 5.74) is 1.40. The second-order valence-corrected chi connectivity index (χ2v) is 10.3. The van der Waals surface area contributed by atoms with Gasteiger partial charge in [-0.15, -0.1) is 0 Å². The average molecular weight is 472 g/mol. The predicted octanol–water partition coefficient (Wildman–Crippen LogP) is 1.06. The largest absolute Gasteiger partial charge is 0.473 e. The zero-order valence-corrected chi connectivity index (χ0v) is 18.6. The molecule has 0 radical (unpaired) electrons. The molecule has 6 aliphatic heterocycles. The molecule has 33 heavy (non-hydrogen) atoms. The molecule has 2 bridgehead atoms. The zero-order chi connectivity index (χ0) is 23.1. The van der Waals surface area contributed by atoms with Crippen LogP contribution in [0.5, 0.6) is 0 Å². The summed E-state index contributed by atoms with van der Waals surface area (Å²) in [5.74, 6) is -1.48. The number of amides is 2. The van der Waals surface area contributed by atoms with Crippen molar-refractivity contribution in [2.75, 3.05) is 0 Å². The van der Waals surface area contributed by atoms with Crippen LogP contribution in [0.4, 0.5) is 0 Å². The maximum Gasteiger partial charge on any atom is 0.303 e. The van der Waals surface area contributed by atoms with Gasteiger partial charge in [-0.05, 0) is 23.3 Å². The highest BCUT2D eigenvalue weighted by Gasteiger charge is 2.82. The molecule has 0 aromatic heterocycles. The van der Waals surface area contributed by atoms with Gasteiger partial charge < -0.3 is 28.7 Å². The molecule has 4 saturated heterocycles. The van der Waals surface area contributed by atoms with Gasteiger partial charge >= 0.3 is 11.9 Å². The summed E-state index contributed by atoms with van der Waals surface area (Å²) in [6.07, 6.45) is 7.97. The van der Waals surface area contributed by atoms with Crippen molar-refractivity contribution in [3.63, 3.8) is 0 Å². The number of hydrogen-bond donors (Lipinski definition) is 0. The van der Waals surface area contributed by atoms with Gasteiger partial charge in [0.05, 0.1) is 37.1 Å². The molecule has 6 heterocycles. The van der Waals surface area contributed by atoms with Crippen LogP contribution in [0, 0.1) is 0 Å². The summed E-state index contributed by atoms with van der Waals surface area (Å²) < 4.78 is 21.8. The highest BCUT2D eigenvalue weighted by atomic mass is 32.2. The highest BCUT2D eigenvalue weighted by molar-refractivity contribution is 8.04. The van der Waals surface area contributed by atoms with Crippen LogP contribution in [0.1, 0.15) is 26.7 Å². The van der Waals surface area contributed by atoms with Gasteiger partial charge in [-0.3, -0.25) is 19.2 Å². The molecule has 2 amide bonds. The van der Waals surface area contributed by atoms with Crippen LogP contribution in [-0.4, -0.2) is 67.6 Å². The molecule has 0 saturated carbocycles. The predicted molar refractivity (Wildman–Crippen MR) is 111 cm³/mol. The number of piperazine rings is 1. The first-order chi connectivity index (χ1) is 15.8. The Morgan fingerprint density at radius 2 is 1.30 bits per heavy atom. The number of nitrogens with zero attached hydrogens (tertiary/aromatic N) is 2. The molecule has 11 heteroatoms. The van der Waals surface area contributed by atoms with E-state index in [9.17, 15) is 19.2 Å². The number of esters is 2. The van der Waals surface area contributed by atoms with E-state index >= 15 is 0 Å². The van der Waals surface area contributed by atoms with E-state index in [1.54, 1.807) is 22.0 Å². The summed E-state index contributed by atoms with van der Waals surface area (Å²) in [6, 6.07) is -1.28. The highest BCUT2D eigenvalue weighted by Crippen LogP contribution is 2.69. The molecule has 6 aliphatic rings. The fraction of sp³-hybridized carbons (Fsp3) is 0.455. The van der Waals surface area contributed by atoms with Crippen molar-refractivity contribution >= 4 is 35.5 Å². The van der Waals surface area contributed by atoms with Crippen LogP contribution in [0.3, 0.4) is 0 Å². The van der Waals surface area contributed by atoms with E-state index in [1.807, 2.05) is 0 Å². The Balaban J connectivity index is 1.44. The van der Waals surface area contributed by atoms with Crippen LogP contribution >= 0.6 is 11.8 Å². The van der Waals surface area contributed by atoms with Crippen LogP contribution in [-0.2, 0) is 38.1 Å². The van der Waals surface area contributed by atoms with Crippen molar-refractivity contribution < 1.29 is 38.1 Å². The Kier molecular flexibility index (Phi) is 4.12. The smallest absolute Gasteiger partial charge is 0.303 e. The van der Waals surface area contributed by atoms with Gasteiger partial charge in [-0.1, -0.05) is 11.8 Å². The molecule has 0 aromatic rings. The van der Waals surface area contributed by atoms with Crippen molar-refractivity contribution in [3.8, 4) is 0 Å². The van der Waals surface area contributed by atoms with Gasteiger partial charge in [0.15, 0.2) is 9.74 Å². The monoisotopic (exact) mass is 472 g/mol. The van der Waals surface area contributed by atoms with Crippen LogP contribution < -0.4 is 0 Å². The molecular weight excluding hydrogens is 452 g/mol. The van der Waals surface area contributed by atoms with Crippen molar-refractivity contribution in [2.45, 2.75) is 60.7 Å².